The average Bonchev–Trinajstić information content (AvgIpc) is 2.77. The first-order valence-corrected chi connectivity index (χ1v) is 11.6. The summed E-state index contributed by atoms with van der Waals surface area (Å²) >= 11 is 0. The largest absolute Gasteiger partial charge is 0.374 e. The number of rotatable bonds is 8. The predicted octanol–water partition coefficient (Wildman–Crippen LogP) is 4.92. The average molecular weight is 431 g/mol. The maximum atomic E-state index is 14.7. The van der Waals surface area contributed by atoms with Crippen molar-refractivity contribution in [2.45, 2.75) is 58.4 Å². The van der Waals surface area contributed by atoms with Gasteiger partial charge in [-0.1, -0.05) is 39.3 Å². The first-order valence-electron chi connectivity index (χ1n) is 11.6. The Morgan fingerprint density at radius 1 is 1.23 bits per heavy atom. The van der Waals surface area contributed by atoms with Gasteiger partial charge in [-0.3, -0.25) is 9.69 Å². The van der Waals surface area contributed by atoms with Gasteiger partial charge >= 0.3 is 0 Å². The van der Waals surface area contributed by atoms with Crippen molar-refractivity contribution in [1.82, 2.24) is 10.2 Å². The Kier molecular flexibility index (Phi) is 10.6. The lowest BCUT2D eigenvalue weighted by atomic mass is 10.0. The van der Waals surface area contributed by atoms with Crippen molar-refractivity contribution < 1.29 is 9.18 Å². The normalized spacial score (nSPS) is 19.3. The fourth-order valence-corrected chi connectivity index (χ4v) is 3.64. The number of halogens is 1. The van der Waals surface area contributed by atoms with Crippen LogP contribution in [-0.4, -0.2) is 49.6 Å². The van der Waals surface area contributed by atoms with Gasteiger partial charge in [0.05, 0.1) is 5.69 Å². The molecule has 3 rings (SSSR count). The summed E-state index contributed by atoms with van der Waals surface area (Å²) in [7, 11) is 0. The molecule has 6 heteroatoms. The van der Waals surface area contributed by atoms with E-state index in [9.17, 15) is 9.18 Å². The molecule has 172 valence electrons. The SMILES string of the molecule is C=CCCCN1CCN(c2ccc(NC3CCC(=C)NC3=O)cc2F)CC1.CCCC. The number of hydrogen-bond acceptors (Lipinski definition) is 4. The van der Waals surface area contributed by atoms with Crippen LogP contribution in [0, 0.1) is 5.82 Å². The Labute approximate surface area is 187 Å². The number of unbranched alkanes of at least 4 members (excludes halogenated alkanes) is 2. The molecule has 2 aliphatic heterocycles. The summed E-state index contributed by atoms with van der Waals surface area (Å²) in [5.41, 5.74) is 2.00. The molecule has 1 atom stereocenters. The number of anilines is 2. The van der Waals surface area contributed by atoms with E-state index in [1.54, 1.807) is 0 Å². The Hall–Kier alpha value is -2.34. The van der Waals surface area contributed by atoms with Crippen molar-refractivity contribution in [3.05, 3.63) is 48.9 Å². The number of benzene rings is 1. The van der Waals surface area contributed by atoms with Crippen molar-refractivity contribution in [2.75, 3.05) is 42.9 Å². The summed E-state index contributed by atoms with van der Waals surface area (Å²) in [6.07, 6.45) is 8.16. The van der Waals surface area contributed by atoms with Crippen LogP contribution in [0.3, 0.4) is 0 Å². The molecule has 2 fully saturated rings. The van der Waals surface area contributed by atoms with Gasteiger partial charge in [-0.2, -0.15) is 0 Å². The molecule has 5 nitrogen and oxygen atoms in total. The third-order valence-electron chi connectivity index (χ3n) is 5.74. The van der Waals surface area contributed by atoms with E-state index >= 15 is 0 Å². The first-order chi connectivity index (χ1) is 15.0. The van der Waals surface area contributed by atoms with Gasteiger partial charge in [0.1, 0.15) is 11.9 Å². The lowest BCUT2D eigenvalue weighted by Crippen LogP contribution is -2.47. The van der Waals surface area contributed by atoms with E-state index in [1.807, 2.05) is 18.2 Å². The number of amides is 1. The molecule has 0 spiro atoms. The molecule has 1 unspecified atom stereocenters. The van der Waals surface area contributed by atoms with Gasteiger partial charge in [0, 0.05) is 37.6 Å². The molecular weight excluding hydrogens is 391 g/mol. The van der Waals surface area contributed by atoms with Gasteiger partial charge in [0.15, 0.2) is 0 Å². The third kappa shape index (κ3) is 8.02. The van der Waals surface area contributed by atoms with E-state index in [0.717, 1.165) is 57.7 Å². The van der Waals surface area contributed by atoms with Crippen molar-refractivity contribution in [2.24, 2.45) is 0 Å². The fraction of sp³-hybridized carbons (Fsp3) is 0.560. The Morgan fingerprint density at radius 3 is 2.52 bits per heavy atom. The lowest BCUT2D eigenvalue weighted by Gasteiger charge is -2.36. The number of nitrogens with zero attached hydrogens (tertiary/aromatic N) is 2. The molecular formula is C25H39FN4O. The highest BCUT2D eigenvalue weighted by atomic mass is 19.1. The minimum atomic E-state index is -0.347. The van der Waals surface area contributed by atoms with Crippen LogP contribution < -0.4 is 15.5 Å². The third-order valence-corrected chi connectivity index (χ3v) is 5.74. The van der Waals surface area contributed by atoms with Gasteiger partial charge in [0.25, 0.3) is 0 Å². The van der Waals surface area contributed by atoms with Crippen LogP contribution >= 0.6 is 0 Å². The van der Waals surface area contributed by atoms with E-state index in [2.05, 4.69) is 47.4 Å². The second kappa shape index (κ2) is 13.2. The molecule has 2 heterocycles. The standard InChI is InChI=1S/C21H29FN4O.C4H10/c1-3-4-5-10-25-11-13-26(14-12-25)20-9-7-17(15-18(20)22)24-19-8-6-16(2)23-21(19)27;1-3-4-2/h3,7,9,15,19,24H,1-2,4-6,8,10-14H2,(H,23,27);3-4H2,1-2H3. The number of allylic oxidation sites excluding steroid dienone is 2. The van der Waals surface area contributed by atoms with Crippen molar-refractivity contribution >= 4 is 17.3 Å². The van der Waals surface area contributed by atoms with Crippen LogP contribution in [0.2, 0.25) is 0 Å². The second-order valence-electron chi connectivity index (χ2n) is 8.25. The fourth-order valence-electron chi connectivity index (χ4n) is 3.64. The van der Waals surface area contributed by atoms with Gasteiger partial charge in [-0.25, -0.2) is 4.39 Å². The molecule has 0 radical (unpaired) electrons. The maximum absolute atomic E-state index is 14.7. The zero-order valence-corrected chi connectivity index (χ0v) is 19.3. The van der Waals surface area contributed by atoms with Crippen LogP contribution in [-0.2, 0) is 4.79 Å². The quantitative estimate of drug-likeness (QED) is 0.454. The highest BCUT2D eigenvalue weighted by Crippen LogP contribution is 2.25. The molecule has 2 N–H and O–H groups in total. The number of nitrogens with one attached hydrogen (secondary N) is 2. The highest BCUT2D eigenvalue weighted by Gasteiger charge is 2.24. The van der Waals surface area contributed by atoms with Crippen molar-refractivity contribution in [3.8, 4) is 0 Å². The molecule has 1 amide bonds. The summed E-state index contributed by atoms with van der Waals surface area (Å²) in [4.78, 5) is 16.5. The molecule has 0 aromatic heterocycles. The molecule has 0 saturated carbocycles. The molecule has 0 aliphatic carbocycles. The number of hydrogen-bond donors (Lipinski definition) is 2. The Balaban J connectivity index is 0.000000785. The number of piperazine rings is 1. The molecule has 1 aromatic carbocycles. The van der Waals surface area contributed by atoms with Crippen LogP contribution in [0.1, 0.15) is 52.4 Å². The van der Waals surface area contributed by atoms with E-state index in [-0.39, 0.29) is 17.8 Å². The summed E-state index contributed by atoms with van der Waals surface area (Å²) in [5, 5.41) is 5.87. The minimum absolute atomic E-state index is 0.108. The number of carbonyl (C=O) groups excluding carboxylic acids is 1. The zero-order valence-electron chi connectivity index (χ0n) is 19.3. The molecule has 2 aliphatic rings. The van der Waals surface area contributed by atoms with Crippen LogP contribution in [0.5, 0.6) is 0 Å². The van der Waals surface area contributed by atoms with Crippen LogP contribution in [0.15, 0.2) is 43.1 Å². The zero-order chi connectivity index (χ0) is 22.6. The highest BCUT2D eigenvalue weighted by molar-refractivity contribution is 5.87. The summed E-state index contributed by atoms with van der Waals surface area (Å²) in [6.45, 7) is 16.5. The minimum Gasteiger partial charge on any atom is -0.374 e. The van der Waals surface area contributed by atoms with E-state index in [1.165, 1.54) is 18.9 Å². The van der Waals surface area contributed by atoms with Gasteiger partial charge < -0.3 is 15.5 Å². The Morgan fingerprint density at radius 2 is 1.94 bits per heavy atom. The second-order valence-corrected chi connectivity index (χ2v) is 8.25. The monoisotopic (exact) mass is 430 g/mol. The van der Waals surface area contributed by atoms with Gasteiger partial charge in [-0.15, -0.1) is 6.58 Å². The smallest absolute Gasteiger partial charge is 0.246 e. The van der Waals surface area contributed by atoms with Crippen LogP contribution in [0.25, 0.3) is 0 Å². The predicted molar refractivity (Wildman–Crippen MR) is 129 cm³/mol. The number of piperidine rings is 1. The van der Waals surface area contributed by atoms with E-state index in [0.29, 0.717) is 17.8 Å². The molecule has 0 bridgehead atoms. The number of carbonyl (C=O) groups is 1. The summed E-state index contributed by atoms with van der Waals surface area (Å²) in [6, 6.07) is 4.80. The molecule has 31 heavy (non-hydrogen) atoms. The lowest BCUT2D eigenvalue weighted by molar-refractivity contribution is -0.122. The molecule has 1 aromatic rings. The summed E-state index contributed by atoms with van der Waals surface area (Å²) in [5.74, 6) is -0.357. The van der Waals surface area contributed by atoms with Gasteiger partial charge in [-0.05, 0) is 50.4 Å². The van der Waals surface area contributed by atoms with Crippen molar-refractivity contribution in [3.63, 3.8) is 0 Å². The van der Waals surface area contributed by atoms with E-state index in [4.69, 9.17) is 0 Å². The van der Waals surface area contributed by atoms with Gasteiger partial charge in [0.2, 0.25) is 5.91 Å². The maximum Gasteiger partial charge on any atom is 0.246 e. The van der Waals surface area contributed by atoms with Crippen LogP contribution in [0.4, 0.5) is 15.8 Å². The first kappa shape index (κ1) is 24.9. The Bertz CT molecular complexity index is 726. The summed E-state index contributed by atoms with van der Waals surface area (Å²) < 4.78 is 14.7. The van der Waals surface area contributed by atoms with Crippen molar-refractivity contribution in [1.29, 1.82) is 0 Å². The topological polar surface area (TPSA) is 47.6 Å². The van der Waals surface area contributed by atoms with E-state index < -0.39 is 0 Å². The molecule has 2 saturated heterocycles.